The third-order valence-electron chi connectivity index (χ3n) is 2.60. The number of hydrogen-bond acceptors (Lipinski definition) is 3. The van der Waals surface area contributed by atoms with Crippen LogP contribution in [-0.2, 0) is 10.0 Å². The zero-order valence-corrected chi connectivity index (χ0v) is 10.9. The molecule has 0 aliphatic heterocycles. The second-order valence-electron chi connectivity index (χ2n) is 4.11. The Kier molecular flexibility index (Phi) is 7.13. The van der Waals surface area contributed by atoms with Crippen molar-refractivity contribution in [2.24, 2.45) is 11.7 Å². The van der Waals surface area contributed by atoms with Crippen molar-refractivity contribution < 1.29 is 8.42 Å². The van der Waals surface area contributed by atoms with E-state index in [1.807, 2.05) is 0 Å². The first-order chi connectivity index (χ1) is 6.94. The standard InChI is InChI=1S/C10H24N2O2S/c1-4-10(2)9-12(3)15(13,14)8-6-5-7-11/h10H,4-9,11H2,1-3H3. The molecule has 1 atom stereocenters. The molecule has 1 unspecified atom stereocenters. The number of nitrogens with two attached hydrogens (primary N) is 1. The van der Waals surface area contributed by atoms with E-state index in [4.69, 9.17) is 5.73 Å². The van der Waals surface area contributed by atoms with Crippen LogP contribution < -0.4 is 5.73 Å². The van der Waals surface area contributed by atoms with E-state index in [2.05, 4.69) is 13.8 Å². The molecule has 0 heterocycles. The maximum Gasteiger partial charge on any atom is 0.213 e. The molecule has 0 aliphatic rings. The average molecular weight is 236 g/mol. The number of hydrogen-bond donors (Lipinski definition) is 1. The van der Waals surface area contributed by atoms with Crippen LogP contribution in [-0.4, -0.2) is 38.6 Å². The van der Waals surface area contributed by atoms with E-state index in [-0.39, 0.29) is 5.75 Å². The SMILES string of the molecule is CCC(C)CN(C)S(=O)(=O)CCCCN. The second kappa shape index (κ2) is 7.19. The van der Waals surface area contributed by atoms with Crippen LogP contribution in [0.25, 0.3) is 0 Å². The summed E-state index contributed by atoms with van der Waals surface area (Å²) >= 11 is 0. The van der Waals surface area contributed by atoms with Crippen LogP contribution in [0, 0.1) is 5.92 Å². The molecular weight excluding hydrogens is 212 g/mol. The molecule has 2 N–H and O–H groups in total. The highest BCUT2D eigenvalue weighted by molar-refractivity contribution is 7.89. The maximum atomic E-state index is 11.7. The topological polar surface area (TPSA) is 63.4 Å². The maximum absolute atomic E-state index is 11.7. The van der Waals surface area contributed by atoms with Crippen molar-refractivity contribution in [1.82, 2.24) is 4.31 Å². The zero-order chi connectivity index (χ0) is 11.9. The molecule has 15 heavy (non-hydrogen) atoms. The fraction of sp³-hybridized carbons (Fsp3) is 1.00. The molecule has 4 nitrogen and oxygen atoms in total. The molecule has 92 valence electrons. The predicted molar refractivity (Wildman–Crippen MR) is 64.2 cm³/mol. The van der Waals surface area contributed by atoms with Gasteiger partial charge in [-0.25, -0.2) is 12.7 Å². The highest BCUT2D eigenvalue weighted by Gasteiger charge is 2.18. The van der Waals surface area contributed by atoms with E-state index >= 15 is 0 Å². The number of unbranched alkanes of at least 4 members (excludes halogenated alkanes) is 1. The van der Waals surface area contributed by atoms with Gasteiger partial charge in [0.25, 0.3) is 0 Å². The quantitative estimate of drug-likeness (QED) is 0.640. The number of sulfonamides is 1. The summed E-state index contributed by atoms with van der Waals surface area (Å²) in [4.78, 5) is 0. The largest absolute Gasteiger partial charge is 0.330 e. The lowest BCUT2D eigenvalue weighted by Gasteiger charge is -2.20. The van der Waals surface area contributed by atoms with Gasteiger partial charge in [-0.05, 0) is 25.3 Å². The van der Waals surface area contributed by atoms with Gasteiger partial charge in [0.1, 0.15) is 0 Å². The monoisotopic (exact) mass is 236 g/mol. The van der Waals surface area contributed by atoms with Crippen LogP contribution in [0.2, 0.25) is 0 Å². The first-order valence-electron chi connectivity index (χ1n) is 5.58. The van der Waals surface area contributed by atoms with Crippen LogP contribution in [0.4, 0.5) is 0 Å². The molecule has 0 aromatic rings. The first kappa shape index (κ1) is 14.9. The Labute approximate surface area is 93.9 Å². The summed E-state index contributed by atoms with van der Waals surface area (Å²) in [5.74, 6) is 0.635. The van der Waals surface area contributed by atoms with Crippen molar-refractivity contribution in [2.75, 3.05) is 25.9 Å². The highest BCUT2D eigenvalue weighted by atomic mass is 32.2. The van der Waals surface area contributed by atoms with Crippen LogP contribution in [0.5, 0.6) is 0 Å². The van der Waals surface area contributed by atoms with Crippen LogP contribution in [0.15, 0.2) is 0 Å². The van der Waals surface area contributed by atoms with E-state index in [1.54, 1.807) is 7.05 Å². The molecule has 0 amide bonds. The minimum Gasteiger partial charge on any atom is -0.330 e. The van der Waals surface area contributed by atoms with Gasteiger partial charge in [0.05, 0.1) is 5.75 Å². The minimum atomic E-state index is -3.06. The Hall–Kier alpha value is -0.130. The van der Waals surface area contributed by atoms with E-state index < -0.39 is 10.0 Å². The van der Waals surface area contributed by atoms with Gasteiger partial charge in [0.15, 0.2) is 0 Å². The van der Waals surface area contributed by atoms with Gasteiger partial charge in [0.2, 0.25) is 10.0 Å². The molecule has 0 fully saturated rings. The van der Waals surface area contributed by atoms with Crippen LogP contribution in [0.1, 0.15) is 33.1 Å². The number of nitrogens with zero attached hydrogens (tertiary/aromatic N) is 1. The average Bonchev–Trinajstić information content (AvgIpc) is 2.17. The van der Waals surface area contributed by atoms with Gasteiger partial charge in [-0.15, -0.1) is 0 Å². The van der Waals surface area contributed by atoms with Gasteiger partial charge in [-0.1, -0.05) is 20.3 Å². The Morgan fingerprint density at radius 2 is 1.93 bits per heavy atom. The molecule has 0 aromatic carbocycles. The molecular formula is C10H24N2O2S. The van der Waals surface area contributed by atoms with Gasteiger partial charge in [0, 0.05) is 13.6 Å². The fourth-order valence-electron chi connectivity index (χ4n) is 1.27. The van der Waals surface area contributed by atoms with E-state index in [1.165, 1.54) is 4.31 Å². The van der Waals surface area contributed by atoms with Crippen molar-refractivity contribution in [3.05, 3.63) is 0 Å². The lowest BCUT2D eigenvalue weighted by Crippen LogP contribution is -2.33. The summed E-state index contributed by atoms with van der Waals surface area (Å²) in [5, 5.41) is 0. The predicted octanol–water partition coefficient (Wildman–Crippen LogP) is 1.03. The summed E-state index contributed by atoms with van der Waals surface area (Å²) in [6, 6.07) is 0. The summed E-state index contributed by atoms with van der Waals surface area (Å²) < 4.78 is 25.0. The van der Waals surface area contributed by atoms with Crippen LogP contribution in [0.3, 0.4) is 0 Å². The Balaban J connectivity index is 4.08. The summed E-state index contributed by atoms with van der Waals surface area (Å²) in [7, 11) is -1.40. The third kappa shape index (κ3) is 6.12. The van der Waals surface area contributed by atoms with Crippen molar-refractivity contribution in [3.8, 4) is 0 Å². The Bertz CT molecular complexity index is 252. The lowest BCUT2D eigenvalue weighted by atomic mass is 10.1. The van der Waals surface area contributed by atoms with Crippen molar-refractivity contribution in [3.63, 3.8) is 0 Å². The molecule has 0 radical (unpaired) electrons. The van der Waals surface area contributed by atoms with Crippen LogP contribution >= 0.6 is 0 Å². The first-order valence-corrected chi connectivity index (χ1v) is 7.19. The van der Waals surface area contributed by atoms with E-state index in [0.717, 1.165) is 12.8 Å². The minimum absolute atomic E-state index is 0.219. The van der Waals surface area contributed by atoms with Crippen molar-refractivity contribution in [2.45, 2.75) is 33.1 Å². The van der Waals surface area contributed by atoms with Gasteiger partial charge in [-0.2, -0.15) is 0 Å². The third-order valence-corrected chi connectivity index (χ3v) is 4.50. The van der Waals surface area contributed by atoms with Gasteiger partial charge >= 0.3 is 0 Å². The second-order valence-corrected chi connectivity index (χ2v) is 6.30. The Morgan fingerprint density at radius 3 is 2.40 bits per heavy atom. The van der Waals surface area contributed by atoms with Gasteiger partial charge in [-0.3, -0.25) is 0 Å². The molecule has 5 heteroatoms. The molecule has 0 bridgehead atoms. The molecule has 0 saturated carbocycles. The summed E-state index contributed by atoms with van der Waals surface area (Å²) in [5.41, 5.74) is 5.33. The molecule has 0 aliphatic carbocycles. The smallest absolute Gasteiger partial charge is 0.213 e. The Morgan fingerprint density at radius 1 is 1.33 bits per heavy atom. The molecule has 0 rings (SSSR count). The van der Waals surface area contributed by atoms with E-state index in [9.17, 15) is 8.42 Å². The summed E-state index contributed by atoms with van der Waals surface area (Å²) in [6.07, 6.45) is 2.43. The number of rotatable bonds is 8. The fourth-order valence-corrected chi connectivity index (χ4v) is 2.63. The molecule has 0 aromatic heterocycles. The van der Waals surface area contributed by atoms with Gasteiger partial charge < -0.3 is 5.73 Å². The summed E-state index contributed by atoms with van der Waals surface area (Å²) in [6.45, 7) is 5.30. The normalized spacial score (nSPS) is 14.5. The lowest BCUT2D eigenvalue weighted by molar-refractivity contribution is 0.393. The zero-order valence-electron chi connectivity index (χ0n) is 10.1. The molecule has 0 saturated heterocycles. The van der Waals surface area contributed by atoms with E-state index in [0.29, 0.717) is 25.4 Å². The molecule has 0 spiro atoms. The highest BCUT2D eigenvalue weighted by Crippen LogP contribution is 2.08. The van der Waals surface area contributed by atoms with Crippen molar-refractivity contribution >= 4 is 10.0 Å². The van der Waals surface area contributed by atoms with Crippen molar-refractivity contribution in [1.29, 1.82) is 0 Å².